The molecule has 1 aromatic rings. The molecule has 0 saturated heterocycles. The Morgan fingerprint density at radius 2 is 2.00 bits per heavy atom. The van der Waals surface area contributed by atoms with Crippen molar-refractivity contribution < 1.29 is 9.53 Å². The van der Waals surface area contributed by atoms with Crippen molar-refractivity contribution in [3.63, 3.8) is 0 Å². The molecule has 0 unspecified atom stereocenters. The molecule has 0 aliphatic heterocycles. The normalized spacial score (nSPS) is 15.9. The number of ether oxygens (including phenoxy) is 1. The van der Waals surface area contributed by atoms with Gasteiger partial charge in [-0.15, -0.1) is 0 Å². The van der Waals surface area contributed by atoms with Crippen LogP contribution in [0.4, 0.5) is 0 Å². The fraction of sp³-hybridized carbons (Fsp3) is 0.588. The molecule has 3 nitrogen and oxygen atoms in total. The predicted molar refractivity (Wildman–Crippen MR) is 81.0 cm³/mol. The van der Waals surface area contributed by atoms with Crippen LogP contribution in [0.3, 0.4) is 0 Å². The highest BCUT2D eigenvalue weighted by Crippen LogP contribution is 2.21. The number of hydrogen-bond donors (Lipinski definition) is 1. The minimum atomic E-state index is 0.113. The Labute approximate surface area is 121 Å². The van der Waals surface area contributed by atoms with Gasteiger partial charge in [0.05, 0.1) is 13.0 Å². The lowest BCUT2D eigenvalue weighted by atomic mass is 9.95. The Bertz CT molecular complexity index is 450. The van der Waals surface area contributed by atoms with E-state index in [9.17, 15) is 4.79 Å². The third-order valence-corrected chi connectivity index (χ3v) is 4.11. The molecule has 1 aliphatic carbocycles. The molecule has 1 saturated carbocycles. The summed E-state index contributed by atoms with van der Waals surface area (Å²) in [6, 6.07) is 6.40. The molecule has 1 amide bonds. The van der Waals surface area contributed by atoms with Crippen molar-refractivity contribution in [2.24, 2.45) is 0 Å². The second-order valence-electron chi connectivity index (χ2n) is 5.70. The summed E-state index contributed by atoms with van der Waals surface area (Å²) < 4.78 is 5.72. The van der Waals surface area contributed by atoms with Crippen LogP contribution in [0, 0.1) is 13.8 Å². The quantitative estimate of drug-likeness (QED) is 0.893. The number of benzene rings is 1. The largest absolute Gasteiger partial charge is 0.493 e. The van der Waals surface area contributed by atoms with E-state index in [1.807, 2.05) is 19.1 Å². The van der Waals surface area contributed by atoms with Gasteiger partial charge >= 0.3 is 0 Å². The molecule has 1 aliphatic rings. The van der Waals surface area contributed by atoms with Crippen LogP contribution in [0.1, 0.15) is 49.7 Å². The van der Waals surface area contributed by atoms with Crippen LogP contribution in [-0.4, -0.2) is 18.6 Å². The first-order valence-corrected chi connectivity index (χ1v) is 7.65. The smallest absolute Gasteiger partial charge is 0.223 e. The Kier molecular flexibility index (Phi) is 5.45. The second-order valence-corrected chi connectivity index (χ2v) is 5.70. The van der Waals surface area contributed by atoms with Crippen molar-refractivity contribution in [2.45, 2.75) is 58.4 Å². The summed E-state index contributed by atoms with van der Waals surface area (Å²) in [5.74, 6) is 0.998. The first kappa shape index (κ1) is 14.9. The van der Waals surface area contributed by atoms with Gasteiger partial charge in [0, 0.05) is 6.04 Å². The van der Waals surface area contributed by atoms with Gasteiger partial charge in [0.1, 0.15) is 5.75 Å². The molecule has 1 fully saturated rings. The van der Waals surface area contributed by atoms with Gasteiger partial charge in [-0.05, 0) is 43.9 Å². The van der Waals surface area contributed by atoms with Crippen LogP contribution in [-0.2, 0) is 4.79 Å². The van der Waals surface area contributed by atoms with Crippen molar-refractivity contribution in [1.82, 2.24) is 5.32 Å². The Hall–Kier alpha value is -1.51. The lowest BCUT2D eigenvalue weighted by Gasteiger charge is -2.22. The van der Waals surface area contributed by atoms with Crippen LogP contribution in [0.5, 0.6) is 5.75 Å². The highest BCUT2D eigenvalue weighted by molar-refractivity contribution is 5.76. The van der Waals surface area contributed by atoms with Crippen LogP contribution < -0.4 is 10.1 Å². The van der Waals surface area contributed by atoms with Gasteiger partial charge in [-0.3, -0.25) is 4.79 Å². The first-order chi connectivity index (χ1) is 9.66. The van der Waals surface area contributed by atoms with Gasteiger partial charge in [0.25, 0.3) is 0 Å². The summed E-state index contributed by atoms with van der Waals surface area (Å²) in [6.07, 6.45) is 6.48. The van der Waals surface area contributed by atoms with Crippen LogP contribution in [0.15, 0.2) is 18.2 Å². The number of carbonyl (C=O) groups is 1. The minimum Gasteiger partial charge on any atom is -0.493 e. The maximum absolute atomic E-state index is 11.9. The fourth-order valence-electron chi connectivity index (χ4n) is 2.68. The molecular formula is C17H25NO2. The number of nitrogens with one attached hydrogen (secondary N) is 1. The summed E-state index contributed by atoms with van der Waals surface area (Å²) in [6.45, 7) is 4.56. The maximum Gasteiger partial charge on any atom is 0.223 e. The summed E-state index contributed by atoms with van der Waals surface area (Å²) >= 11 is 0. The van der Waals surface area contributed by atoms with Crippen molar-refractivity contribution >= 4 is 5.91 Å². The van der Waals surface area contributed by atoms with E-state index < -0.39 is 0 Å². The Balaban J connectivity index is 1.72. The van der Waals surface area contributed by atoms with Gasteiger partial charge in [-0.25, -0.2) is 0 Å². The minimum absolute atomic E-state index is 0.113. The molecule has 1 aromatic carbocycles. The van der Waals surface area contributed by atoms with Crippen molar-refractivity contribution in [2.75, 3.05) is 6.61 Å². The van der Waals surface area contributed by atoms with Crippen LogP contribution in [0.25, 0.3) is 0 Å². The number of carbonyl (C=O) groups excluding carboxylic acids is 1. The van der Waals surface area contributed by atoms with E-state index in [-0.39, 0.29) is 5.91 Å². The van der Waals surface area contributed by atoms with E-state index in [0.717, 1.165) is 24.2 Å². The molecule has 2 rings (SSSR count). The lowest BCUT2D eigenvalue weighted by molar-refractivity contribution is -0.122. The number of amides is 1. The van der Waals surface area contributed by atoms with Crippen molar-refractivity contribution in [1.29, 1.82) is 0 Å². The standard InChI is InChI=1S/C17H25NO2/c1-13-7-6-10-16(14(13)2)20-12-11-17(19)18-15-8-4-3-5-9-15/h6-7,10,15H,3-5,8-9,11-12H2,1-2H3,(H,18,19). The molecule has 0 spiro atoms. The van der Waals surface area contributed by atoms with E-state index >= 15 is 0 Å². The average Bonchev–Trinajstić information content (AvgIpc) is 2.44. The number of rotatable bonds is 5. The van der Waals surface area contributed by atoms with E-state index in [1.165, 1.54) is 24.8 Å². The molecule has 0 atom stereocenters. The molecule has 0 aromatic heterocycles. The molecule has 0 bridgehead atoms. The van der Waals surface area contributed by atoms with E-state index in [0.29, 0.717) is 19.1 Å². The summed E-state index contributed by atoms with van der Waals surface area (Å²) in [7, 11) is 0. The highest BCUT2D eigenvalue weighted by atomic mass is 16.5. The molecule has 3 heteroatoms. The van der Waals surface area contributed by atoms with Gasteiger partial charge in [-0.1, -0.05) is 31.4 Å². The van der Waals surface area contributed by atoms with Crippen LogP contribution >= 0.6 is 0 Å². The fourth-order valence-corrected chi connectivity index (χ4v) is 2.68. The van der Waals surface area contributed by atoms with Crippen molar-refractivity contribution in [3.05, 3.63) is 29.3 Å². The molecule has 20 heavy (non-hydrogen) atoms. The summed E-state index contributed by atoms with van der Waals surface area (Å²) in [5.41, 5.74) is 2.37. The van der Waals surface area contributed by atoms with E-state index in [1.54, 1.807) is 0 Å². The zero-order valence-corrected chi connectivity index (χ0v) is 12.6. The summed E-state index contributed by atoms with van der Waals surface area (Å²) in [5, 5.41) is 3.11. The lowest BCUT2D eigenvalue weighted by Crippen LogP contribution is -2.36. The van der Waals surface area contributed by atoms with Crippen LogP contribution in [0.2, 0.25) is 0 Å². The highest BCUT2D eigenvalue weighted by Gasteiger charge is 2.15. The predicted octanol–water partition coefficient (Wildman–Crippen LogP) is 3.52. The third-order valence-electron chi connectivity index (χ3n) is 4.11. The van der Waals surface area contributed by atoms with Gasteiger partial charge in [0.15, 0.2) is 0 Å². The molecule has 1 N–H and O–H groups in total. The SMILES string of the molecule is Cc1cccc(OCCC(=O)NC2CCCCC2)c1C. The van der Waals surface area contributed by atoms with Gasteiger partial charge < -0.3 is 10.1 Å². The second kappa shape index (κ2) is 7.32. The maximum atomic E-state index is 11.9. The van der Waals surface area contributed by atoms with Gasteiger partial charge in [-0.2, -0.15) is 0 Å². The Morgan fingerprint density at radius 1 is 1.25 bits per heavy atom. The van der Waals surface area contributed by atoms with E-state index in [4.69, 9.17) is 4.74 Å². The first-order valence-electron chi connectivity index (χ1n) is 7.65. The molecular weight excluding hydrogens is 250 g/mol. The van der Waals surface area contributed by atoms with Crippen molar-refractivity contribution in [3.8, 4) is 5.75 Å². The monoisotopic (exact) mass is 275 g/mol. The topological polar surface area (TPSA) is 38.3 Å². The zero-order chi connectivity index (χ0) is 14.4. The summed E-state index contributed by atoms with van der Waals surface area (Å²) in [4.78, 5) is 11.9. The number of hydrogen-bond acceptors (Lipinski definition) is 2. The van der Waals surface area contributed by atoms with E-state index in [2.05, 4.69) is 18.3 Å². The number of aryl methyl sites for hydroxylation is 1. The Morgan fingerprint density at radius 3 is 2.75 bits per heavy atom. The molecule has 110 valence electrons. The molecule has 0 heterocycles. The zero-order valence-electron chi connectivity index (χ0n) is 12.6. The third kappa shape index (κ3) is 4.26. The molecule has 0 radical (unpaired) electrons. The average molecular weight is 275 g/mol. The van der Waals surface area contributed by atoms with Gasteiger partial charge in [0.2, 0.25) is 5.91 Å².